The van der Waals surface area contributed by atoms with E-state index in [1.807, 2.05) is 37.3 Å². The van der Waals surface area contributed by atoms with Gasteiger partial charge in [-0.05, 0) is 30.2 Å². The molecule has 0 fully saturated rings. The molecule has 17 heavy (non-hydrogen) atoms. The lowest BCUT2D eigenvalue weighted by molar-refractivity contribution is 0.668. The molecular formula is C15H11ClO. The highest BCUT2D eigenvalue weighted by Crippen LogP contribution is 2.36. The van der Waals surface area contributed by atoms with Crippen LogP contribution in [0.1, 0.15) is 11.1 Å². The molecule has 0 spiro atoms. The predicted octanol–water partition coefficient (Wildman–Crippen LogP) is 5.19. The van der Waals surface area contributed by atoms with Gasteiger partial charge in [0.05, 0.1) is 5.02 Å². The Hall–Kier alpha value is -1.73. The van der Waals surface area contributed by atoms with E-state index in [1.54, 1.807) is 0 Å². The monoisotopic (exact) mass is 242 g/mol. The van der Waals surface area contributed by atoms with Crippen molar-refractivity contribution >= 4 is 39.6 Å². The van der Waals surface area contributed by atoms with Gasteiger partial charge in [-0.1, -0.05) is 42.5 Å². The zero-order valence-corrected chi connectivity index (χ0v) is 10.2. The van der Waals surface area contributed by atoms with Crippen molar-refractivity contribution in [2.24, 2.45) is 0 Å². The highest BCUT2D eigenvalue weighted by molar-refractivity contribution is 6.36. The molecule has 0 bridgehead atoms. The largest absolute Gasteiger partial charge is 0.454 e. The Morgan fingerprint density at radius 1 is 1.24 bits per heavy atom. The summed E-state index contributed by atoms with van der Waals surface area (Å²) >= 11 is 6.34. The van der Waals surface area contributed by atoms with E-state index in [0.717, 1.165) is 33.1 Å². The van der Waals surface area contributed by atoms with Crippen LogP contribution in [0.2, 0.25) is 5.02 Å². The molecular weight excluding hydrogens is 232 g/mol. The van der Waals surface area contributed by atoms with Crippen LogP contribution in [0.5, 0.6) is 0 Å². The molecule has 0 N–H and O–H groups in total. The minimum absolute atomic E-state index is 0.675. The molecule has 2 aromatic carbocycles. The quantitative estimate of drug-likeness (QED) is 0.572. The van der Waals surface area contributed by atoms with Gasteiger partial charge in [0.25, 0.3) is 0 Å². The van der Waals surface area contributed by atoms with Crippen LogP contribution in [0.25, 0.3) is 28.0 Å². The number of fused-ring (bicyclic) bond motifs is 3. The third kappa shape index (κ3) is 1.39. The fourth-order valence-electron chi connectivity index (χ4n) is 2.14. The molecule has 0 aliphatic carbocycles. The molecule has 84 valence electrons. The van der Waals surface area contributed by atoms with Crippen LogP contribution in [0.4, 0.5) is 0 Å². The molecule has 0 saturated carbocycles. The molecule has 0 saturated heterocycles. The van der Waals surface area contributed by atoms with Crippen LogP contribution < -0.4 is 0 Å². The number of rotatable bonds is 1. The number of hydrogen-bond acceptors (Lipinski definition) is 1. The van der Waals surface area contributed by atoms with Gasteiger partial charge in [-0.15, -0.1) is 0 Å². The van der Waals surface area contributed by atoms with Crippen LogP contribution in [-0.2, 0) is 0 Å². The fourth-order valence-corrected chi connectivity index (χ4v) is 2.39. The minimum Gasteiger partial charge on any atom is -0.454 e. The summed E-state index contributed by atoms with van der Waals surface area (Å²) in [4.78, 5) is 0. The number of furan rings is 1. The summed E-state index contributed by atoms with van der Waals surface area (Å²) in [5.41, 5.74) is 3.68. The van der Waals surface area contributed by atoms with Gasteiger partial charge in [0.1, 0.15) is 5.58 Å². The molecule has 0 aliphatic rings. The SMILES string of the molecule is C=Cc1cc2c(oc3ccccc32)c(Cl)c1C. The van der Waals surface area contributed by atoms with Crippen LogP contribution in [0.3, 0.4) is 0 Å². The van der Waals surface area contributed by atoms with Crippen LogP contribution in [0, 0.1) is 6.92 Å². The predicted molar refractivity (Wildman–Crippen MR) is 73.6 cm³/mol. The first-order chi connectivity index (χ1) is 8.22. The molecule has 1 heterocycles. The Labute approximate surface area is 104 Å². The van der Waals surface area contributed by atoms with Crippen LogP contribution in [-0.4, -0.2) is 0 Å². The summed E-state index contributed by atoms with van der Waals surface area (Å²) < 4.78 is 5.80. The van der Waals surface area contributed by atoms with Crippen molar-refractivity contribution in [1.29, 1.82) is 0 Å². The molecule has 0 atom stereocenters. The first-order valence-corrected chi connectivity index (χ1v) is 5.83. The average molecular weight is 243 g/mol. The standard InChI is InChI=1S/C15H11ClO/c1-3-10-8-12-11-6-4-5-7-13(11)17-15(12)14(16)9(10)2/h3-8H,1H2,2H3. The molecule has 2 heteroatoms. The Balaban J connectivity index is 2.58. The lowest BCUT2D eigenvalue weighted by atomic mass is 10.0. The van der Waals surface area contributed by atoms with E-state index in [2.05, 4.69) is 12.6 Å². The summed E-state index contributed by atoms with van der Waals surface area (Å²) in [6.45, 7) is 5.79. The molecule has 1 aromatic heterocycles. The summed E-state index contributed by atoms with van der Waals surface area (Å²) in [7, 11) is 0. The second-order valence-corrected chi connectivity index (χ2v) is 4.46. The summed E-state index contributed by atoms with van der Waals surface area (Å²) in [5.74, 6) is 0. The van der Waals surface area contributed by atoms with Gasteiger partial charge in [-0.2, -0.15) is 0 Å². The topological polar surface area (TPSA) is 13.1 Å². The molecule has 3 rings (SSSR count). The Morgan fingerprint density at radius 2 is 2.00 bits per heavy atom. The zero-order valence-electron chi connectivity index (χ0n) is 9.46. The summed E-state index contributed by atoms with van der Waals surface area (Å²) in [5, 5.41) is 2.81. The van der Waals surface area contributed by atoms with E-state index in [-0.39, 0.29) is 0 Å². The average Bonchev–Trinajstić information content (AvgIpc) is 2.72. The molecule has 0 unspecified atom stereocenters. The lowest BCUT2D eigenvalue weighted by Gasteiger charge is -2.03. The van der Waals surface area contributed by atoms with Gasteiger partial charge in [0, 0.05) is 10.8 Å². The van der Waals surface area contributed by atoms with Crippen molar-refractivity contribution in [2.75, 3.05) is 0 Å². The third-order valence-electron chi connectivity index (χ3n) is 3.12. The van der Waals surface area contributed by atoms with Gasteiger partial charge in [0.2, 0.25) is 0 Å². The smallest absolute Gasteiger partial charge is 0.154 e. The zero-order chi connectivity index (χ0) is 12.0. The van der Waals surface area contributed by atoms with Crippen molar-refractivity contribution in [1.82, 2.24) is 0 Å². The van der Waals surface area contributed by atoms with Gasteiger partial charge in [0.15, 0.2) is 5.58 Å². The maximum atomic E-state index is 6.34. The van der Waals surface area contributed by atoms with Crippen molar-refractivity contribution in [3.8, 4) is 0 Å². The van der Waals surface area contributed by atoms with E-state index >= 15 is 0 Å². The van der Waals surface area contributed by atoms with Crippen LogP contribution >= 0.6 is 11.6 Å². The van der Waals surface area contributed by atoms with Crippen LogP contribution in [0.15, 0.2) is 41.3 Å². The second-order valence-electron chi connectivity index (χ2n) is 4.08. The van der Waals surface area contributed by atoms with Gasteiger partial charge in [-0.3, -0.25) is 0 Å². The molecule has 1 nitrogen and oxygen atoms in total. The second kappa shape index (κ2) is 3.64. The highest BCUT2D eigenvalue weighted by Gasteiger charge is 2.13. The van der Waals surface area contributed by atoms with Gasteiger partial charge >= 0.3 is 0 Å². The minimum atomic E-state index is 0.675. The van der Waals surface area contributed by atoms with Crippen molar-refractivity contribution < 1.29 is 4.42 Å². The van der Waals surface area contributed by atoms with Gasteiger partial charge in [-0.25, -0.2) is 0 Å². The molecule has 0 radical (unpaired) electrons. The highest BCUT2D eigenvalue weighted by atomic mass is 35.5. The third-order valence-corrected chi connectivity index (χ3v) is 3.57. The lowest BCUT2D eigenvalue weighted by Crippen LogP contribution is -1.82. The number of hydrogen-bond donors (Lipinski definition) is 0. The van der Waals surface area contributed by atoms with E-state index in [9.17, 15) is 0 Å². The molecule has 0 aliphatic heterocycles. The number of para-hydroxylation sites is 1. The Kier molecular flexibility index (Phi) is 2.23. The molecule has 0 amide bonds. The first kappa shape index (κ1) is 10.4. The van der Waals surface area contributed by atoms with Gasteiger partial charge < -0.3 is 4.42 Å². The fraction of sp³-hybridized carbons (Fsp3) is 0.0667. The summed E-state index contributed by atoms with van der Waals surface area (Å²) in [6, 6.07) is 10.0. The number of halogens is 1. The first-order valence-electron chi connectivity index (χ1n) is 5.45. The normalized spacial score (nSPS) is 11.2. The maximum Gasteiger partial charge on any atom is 0.154 e. The Morgan fingerprint density at radius 3 is 2.76 bits per heavy atom. The van der Waals surface area contributed by atoms with E-state index in [1.165, 1.54) is 0 Å². The Bertz CT molecular complexity index is 737. The van der Waals surface area contributed by atoms with Crippen molar-refractivity contribution in [3.63, 3.8) is 0 Å². The van der Waals surface area contributed by atoms with Crippen molar-refractivity contribution in [3.05, 3.63) is 53.1 Å². The maximum absolute atomic E-state index is 6.34. The van der Waals surface area contributed by atoms with Crippen molar-refractivity contribution in [2.45, 2.75) is 6.92 Å². The van der Waals surface area contributed by atoms with E-state index in [4.69, 9.17) is 16.0 Å². The van der Waals surface area contributed by atoms with E-state index in [0.29, 0.717) is 5.02 Å². The summed E-state index contributed by atoms with van der Waals surface area (Å²) in [6.07, 6.45) is 1.82. The van der Waals surface area contributed by atoms with E-state index < -0.39 is 0 Å². The molecule has 3 aromatic rings. The number of benzene rings is 2.